The van der Waals surface area contributed by atoms with Crippen LogP contribution < -0.4 is 10.2 Å². The number of nitrogens with zero attached hydrogens (tertiary/aromatic N) is 4. The van der Waals surface area contributed by atoms with Crippen LogP contribution in [0.2, 0.25) is 0 Å². The molecule has 1 aromatic heterocycles. The Hall–Kier alpha value is -4.20. The Balaban J connectivity index is 1.54. The third kappa shape index (κ3) is 4.02. The lowest BCUT2D eigenvalue weighted by atomic mass is 10.1. The van der Waals surface area contributed by atoms with E-state index in [2.05, 4.69) is 15.5 Å². The maximum Gasteiger partial charge on any atom is 0.255 e. The topological polar surface area (TPSA) is 99.8 Å². The first-order valence-electron chi connectivity index (χ1n) is 10.1. The first kappa shape index (κ1) is 21.0. The van der Waals surface area contributed by atoms with Crippen LogP contribution in [0.25, 0.3) is 22.4 Å². The van der Waals surface area contributed by atoms with Crippen LogP contribution in [0.15, 0.2) is 71.9 Å². The first-order chi connectivity index (χ1) is 15.4. The van der Waals surface area contributed by atoms with Crippen LogP contribution in [0.3, 0.4) is 0 Å². The van der Waals surface area contributed by atoms with E-state index in [1.54, 1.807) is 61.5 Å². The largest absolute Gasteiger partial charge is 0.426 e. The summed E-state index contributed by atoms with van der Waals surface area (Å²) in [6, 6.07) is 19.1. The molecule has 162 valence electrons. The number of anilines is 2. The number of rotatable bonds is 6. The van der Waals surface area contributed by atoms with Crippen molar-refractivity contribution in [1.29, 1.82) is 0 Å². The second kappa shape index (κ2) is 8.50. The van der Waals surface area contributed by atoms with Gasteiger partial charge in [0.2, 0.25) is 0 Å². The predicted octanol–water partition coefficient (Wildman–Crippen LogP) is 5.09. The number of benzene rings is 3. The lowest BCUT2D eigenvalue weighted by molar-refractivity contribution is 0.102. The summed E-state index contributed by atoms with van der Waals surface area (Å²) in [7, 11) is 3.89. The molecule has 4 aromatic rings. The highest BCUT2D eigenvalue weighted by Gasteiger charge is 2.15. The Kier molecular flexibility index (Phi) is 5.59. The van der Waals surface area contributed by atoms with Gasteiger partial charge in [-0.25, -0.2) is 4.98 Å². The van der Waals surface area contributed by atoms with Crippen LogP contribution >= 0.6 is 0 Å². The number of hydrogen-bond acceptors (Lipinski definition) is 6. The molecule has 1 unspecified atom stereocenters. The maximum absolute atomic E-state index is 12.5. The fourth-order valence-electron chi connectivity index (χ4n) is 3.40. The van der Waals surface area contributed by atoms with E-state index in [9.17, 15) is 14.9 Å². The van der Waals surface area contributed by atoms with E-state index >= 15 is 0 Å². The molecule has 0 saturated carbocycles. The molecule has 2 N–H and O–H groups in total. The molecule has 32 heavy (non-hydrogen) atoms. The number of fused-ring (bicyclic) bond motifs is 1. The van der Waals surface area contributed by atoms with E-state index in [-0.39, 0.29) is 5.91 Å². The van der Waals surface area contributed by atoms with Crippen molar-refractivity contribution in [2.45, 2.75) is 13.0 Å². The zero-order valence-corrected chi connectivity index (χ0v) is 18.0. The average Bonchev–Trinajstić information content (AvgIpc) is 3.14. The van der Waals surface area contributed by atoms with Gasteiger partial charge in [0.15, 0.2) is 5.82 Å². The highest BCUT2D eigenvalue weighted by molar-refractivity contribution is 6.04. The first-order valence-corrected chi connectivity index (χ1v) is 10.1. The molecule has 0 aliphatic heterocycles. The number of nitrogens with one attached hydrogen (secondary N) is 1. The molecular weight excluding hydrogens is 406 g/mol. The number of amides is 1. The van der Waals surface area contributed by atoms with Crippen molar-refractivity contribution in [2.24, 2.45) is 5.18 Å². The minimum absolute atomic E-state index is 0.206. The minimum atomic E-state index is -0.514. The van der Waals surface area contributed by atoms with E-state index in [0.717, 1.165) is 10.4 Å². The normalized spacial score (nSPS) is 11.8. The maximum atomic E-state index is 12.5. The summed E-state index contributed by atoms with van der Waals surface area (Å²) in [5.41, 5.74) is 4.68. The van der Waals surface area contributed by atoms with Crippen molar-refractivity contribution in [1.82, 2.24) is 9.71 Å². The van der Waals surface area contributed by atoms with Gasteiger partial charge >= 0.3 is 0 Å². The third-order valence-corrected chi connectivity index (χ3v) is 5.34. The lowest BCUT2D eigenvalue weighted by Gasteiger charge is -2.12. The molecule has 0 radical (unpaired) electrons. The second-order valence-corrected chi connectivity index (χ2v) is 7.75. The number of carbonyl (C=O) groups excluding carboxylic acids is 1. The molecular formula is C24H23N5O3. The summed E-state index contributed by atoms with van der Waals surface area (Å²) >= 11 is 0. The molecule has 8 nitrogen and oxygen atoms in total. The molecule has 8 heteroatoms. The summed E-state index contributed by atoms with van der Waals surface area (Å²) in [6.45, 7) is 1.69. The summed E-state index contributed by atoms with van der Waals surface area (Å²) in [4.78, 5) is 29.8. The molecule has 1 heterocycles. The van der Waals surface area contributed by atoms with Gasteiger partial charge < -0.3 is 15.4 Å². The fraction of sp³-hybridized carbons (Fsp3) is 0.167. The zero-order valence-electron chi connectivity index (χ0n) is 18.0. The number of carbonyl (C=O) groups is 1. The standard InChI is InChI=1S/C24H23N5O3/c1-15(27-31)18-8-13-21-22(14-18)29(32)23(26-21)16-4-9-19(10-5-16)25-24(30)17-6-11-20(12-7-17)28(2)3/h4-15,32H,1-3H3,(H,25,30). The smallest absolute Gasteiger partial charge is 0.255 e. The minimum Gasteiger partial charge on any atom is -0.426 e. The summed E-state index contributed by atoms with van der Waals surface area (Å²) in [6.07, 6.45) is 0. The van der Waals surface area contributed by atoms with Gasteiger partial charge in [-0.3, -0.25) is 4.79 Å². The molecule has 0 aliphatic carbocycles. The molecule has 0 fully saturated rings. The van der Waals surface area contributed by atoms with Crippen molar-refractivity contribution in [3.63, 3.8) is 0 Å². The van der Waals surface area contributed by atoms with Gasteiger partial charge in [0, 0.05) is 36.6 Å². The number of aromatic nitrogens is 2. The van der Waals surface area contributed by atoms with Gasteiger partial charge in [-0.1, -0.05) is 11.2 Å². The van der Waals surface area contributed by atoms with Crippen LogP contribution in [0.5, 0.6) is 0 Å². The molecule has 4 rings (SSSR count). The Labute approximate surface area is 185 Å². The Morgan fingerprint density at radius 1 is 1.06 bits per heavy atom. The average molecular weight is 429 g/mol. The van der Waals surface area contributed by atoms with E-state index < -0.39 is 6.04 Å². The summed E-state index contributed by atoms with van der Waals surface area (Å²) in [5, 5.41) is 16.5. The SMILES string of the molecule is CC(N=O)c1ccc2nc(-c3ccc(NC(=O)c4ccc(N(C)C)cc4)cc3)n(O)c2c1. The second-order valence-electron chi connectivity index (χ2n) is 7.75. The van der Waals surface area contributed by atoms with E-state index in [1.165, 1.54) is 0 Å². The van der Waals surface area contributed by atoms with Gasteiger partial charge in [0.25, 0.3) is 5.91 Å². The Morgan fingerprint density at radius 3 is 2.38 bits per heavy atom. The number of hydrogen-bond donors (Lipinski definition) is 2. The zero-order chi connectivity index (χ0) is 22.8. The van der Waals surface area contributed by atoms with Gasteiger partial charge in [-0.05, 0) is 73.2 Å². The molecule has 0 bridgehead atoms. The lowest BCUT2D eigenvalue weighted by Crippen LogP contribution is -2.13. The van der Waals surface area contributed by atoms with Crippen molar-refractivity contribution < 1.29 is 10.0 Å². The van der Waals surface area contributed by atoms with Gasteiger partial charge in [-0.2, -0.15) is 9.64 Å². The number of imidazole rings is 1. The van der Waals surface area contributed by atoms with Crippen molar-refractivity contribution in [3.8, 4) is 11.4 Å². The molecule has 1 amide bonds. The Bertz CT molecular complexity index is 1280. The monoisotopic (exact) mass is 429 g/mol. The molecule has 0 spiro atoms. The van der Waals surface area contributed by atoms with Crippen LogP contribution in [-0.2, 0) is 0 Å². The van der Waals surface area contributed by atoms with Crippen LogP contribution in [0.1, 0.15) is 28.9 Å². The van der Waals surface area contributed by atoms with Gasteiger partial charge in [0.05, 0.1) is 5.52 Å². The van der Waals surface area contributed by atoms with Gasteiger partial charge in [0.1, 0.15) is 11.6 Å². The van der Waals surface area contributed by atoms with Crippen molar-refractivity contribution >= 4 is 28.3 Å². The van der Waals surface area contributed by atoms with Crippen molar-refractivity contribution in [3.05, 3.63) is 82.8 Å². The predicted molar refractivity (Wildman–Crippen MR) is 125 cm³/mol. The molecule has 3 aromatic carbocycles. The molecule has 0 aliphatic rings. The quantitative estimate of drug-likeness (QED) is 0.329. The van der Waals surface area contributed by atoms with Crippen LogP contribution in [0.4, 0.5) is 11.4 Å². The third-order valence-electron chi connectivity index (χ3n) is 5.34. The summed E-state index contributed by atoms with van der Waals surface area (Å²) < 4.78 is 0.996. The van der Waals surface area contributed by atoms with Crippen molar-refractivity contribution in [2.75, 3.05) is 24.3 Å². The van der Waals surface area contributed by atoms with Crippen LogP contribution in [0, 0.1) is 4.91 Å². The van der Waals surface area contributed by atoms with Crippen LogP contribution in [-0.4, -0.2) is 34.9 Å². The van der Waals surface area contributed by atoms with E-state index in [0.29, 0.717) is 39.2 Å². The highest BCUT2D eigenvalue weighted by atomic mass is 16.5. The number of nitroso groups, excluding NO2 is 1. The highest BCUT2D eigenvalue weighted by Crippen LogP contribution is 2.27. The van der Waals surface area contributed by atoms with E-state index in [4.69, 9.17) is 0 Å². The summed E-state index contributed by atoms with van der Waals surface area (Å²) in [5.74, 6) is 0.156. The van der Waals surface area contributed by atoms with Gasteiger partial charge in [-0.15, -0.1) is 0 Å². The molecule has 1 atom stereocenters. The van der Waals surface area contributed by atoms with E-state index in [1.807, 2.05) is 31.1 Å². The molecule has 0 saturated heterocycles. The Morgan fingerprint density at radius 2 is 1.75 bits per heavy atom. The fourth-order valence-corrected chi connectivity index (χ4v) is 3.40.